The summed E-state index contributed by atoms with van der Waals surface area (Å²) in [6, 6.07) is 0. The average Bonchev–Trinajstić information content (AvgIpc) is 3.12. The zero-order valence-corrected chi connectivity index (χ0v) is 12.4. The smallest absolute Gasteiger partial charge is 0.327 e. The van der Waals surface area contributed by atoms with E-state index >= 15 is 0 Å². The van der Waals surface area contributed by atoms with Gasteiger partial charge >= 0.3 is 5.97 Å². The third-order valence-electron chi connectivity index (χ3n) is 4.43. The highest BCUT2D eigenvalue weighted by Gasteiger charge is 2.50. The van der Waals surface area contributed by atoms with Crippen LogP contribution in [0.4, 0.5) is 0 Å². The number of carbonyl (C=O) groups excluding carboxylic acids is 1. The first-order valence-corrected chi connectivity index (χ1v) is 8.23. The van der Waals surface area contributed by atoms with E-state index in [1.807, 2.05) is 18.8 Å². The maximum absolute atomic E-state index is 12.1. The van der Waals surface area contributed by atoms with Crippen molar-refractivity contribution < 1.29 is 9.53 Å². The number of methoxy groups -OCH3 is 1. The van der Waals surface area contributed by atoms with Crippen molar-refractivity contribution in [2.24, 2.45) is 11.8 Å². The standard InChI is InChI=1S/C14H25NO2S/c1-15-14(12-7-8-12,13(16)17-2)10-18-9-11-5-3-4-6-11/h11-12,15H,3-10H2,1-2H3. The lowest BCUT2D eigenvalue weighted by Gasteiger charge is -2.30. The fraction of sp³-hybridized carbons (Fsp3) is 0.929. The summed E-state index contributed by atoms with van der Waals surface area (Å²) in [5.41, 5.74) is -0.433. The highest BCUT2D eigenvalue weighted by Crippen LogP contribution is 2.42. The van der Waals surface area contributed by atoms with Crippen LogP contribution in [0.5, 0.6) is 0 Å². The molecule has 2 fully saturated rings. The van der Waals surface area contributed by atoms with E-state index in [0.717, 1.165) is 24.5 Å². The van der Waals surface area contributed by atoms with Crippen molar-refractivity contribution in [3.8, 4) is 0 Å². The topological polar surface area (TPSA) is 38.3 Å². The highest BCUT2D eigenvalue weighted by atomic mass is 32.2. The second-order valence-corrected chi connectivity index (χ2v) is 6.68. The second kappa shape index (κ2) is 6.29. The molecule has 0 saturated heterocycles. The summed E-state index contributed by atoms with van der Waals surface area (Å²) < 4.78 is 5.02. The van der Waals surface area contributed by atoms with Gasteiger partial charge in [0.05, 0.1) is 7.11 Å². The van der Waals surface area contributed by atoms with Gasteiger partial charge in [0, 0.05) is 5.75 Å². The average molecular weight is 271 g/mol. The molecule has 2 aliphatic carbocycles. The van der Waals surface area contributed by atoms with Crippen molar-refractivity contribution in [3.05, 3.63) is 0 Å². The van der Waals surface area contributed by atoms with Gasteiger partial charge in [-0.15, -0.1) is 0 Å². The minimum absolute atomic E-state index is 0.0774. The number of hydrogen-bond donors (Lipinski definition) is 1. The fourth-order valence-corrected chi connectivity index (χ4v) is 4.65. The SMILES string of the molecule is CNC(CSCC1CCCC1)(C(=O)OC)C1CC1. The summed E-state index contributed by atoms with van der Waals surface area (Å²) in [6.45, 7) is 0. The predicted molar refractivity (Wildman–Crippen MR) is 75.8 cm³/mol. The van der Waals surface area contributed by atoms with Crippen LogP contribution in [0, 0.1) is 11.8 Å². The Labute approximate surface area is 114 Å². The summed E-state index contributed by atoms with van der Waals surface area (Å²) in [7, 11) is 3.39. The largest absolute Gasteiger partial charge is 0.468 e. The zero-order valence-electron chi connectivity index (χ0n) is 11.5. The monoisotopic (exact) mass is 271 g/mol. The Bertz CT molecular complexity index is 288. The normalized spacial score (nSPS) is 23.9. The first-order valence-electron chi connectivity index (χ1n) is 7.08. The minimum Gasteiger partial charge on any atom is -0.468 e. The number of ether oxygens (including phenoxy) is 1. The molecule has 2 rings (SSSR count). The summed E-state index contributed by atoms with van der Waals surface area (Å²) in [6.07, 6.45) is 7.84. The van der Waals surface area contributed by atoms with Crippen LogP contribution in [0.2, 0.25) is 0 Å². The van der Waals surface area contributed by atoms with Gasteiger partial charge in [0.2, 0.25) is 0 Å². The Morgan fingerprint density at radius 1 is 1.33 bits per heavy atom. The highest BCUT2D eigenvalue weighted by molar-refractivity contribution is 7.99. The first kappa shape index (κ1) is 14.2. The third kappa shape index (κ3) is 3.02. The molecule has 0 aromatic carbocycles. The molecule has 0 radical (unpaired) electrons. The van der Waals surface area contributed by atoms with E-state index in [2.05, 4.69) is 5.32 Å². The molecule has 0 aromatic rings. The lowest BCUT2D eigenvalue weighted by atomic mass is 9.96. The Hall–Kier alpha value is -0.220. The molecule has 1 unspecified atom stereocenters. The van der Waals surface area contributed by atoms with Gasteiger partial charge < -0.3 is 10.1 Å². The van der Waals surface area contributed by atoms with E-state index in [0.29, 0.717) is 5.92 Å². The maximum atomic E-state index is 12.1. The molecule has 0 aromatic heterocycles. The molecular formula is C14H25NO2S. The Morgan fingerprint density at radius 3 is 2.50 bits per heavy atom. The predicted octanol–water partition coefficient (Wildman–Crippen LogP) is 2.45. The van der Waals surface area contributed by atoms with Crippen molar-refractivity contribution in [2.75, 3.05) is 25.7 Å². The van der Waals surface area contributed by atoms with Crippen LogP contribution in [-0.4, -0.2) is 37.2 Å². The molecule has 3 nitrogen and oxygen atoms in total. The van der Waals surface area contributed by atoms with E-state index in [-0.39, 0.29) is 5.97 Å². The molecular weight excluding hydrogens is 246 g/mol. The van der Waals surface area contributed by atoms with Crippen molar-refractivity contribution in [3.63, 3.8) is 0 Å². The number of hydrogen-bond acceptors (Lipinski definition) is 4. The molecule has 2 aliphatic rings. The van der Waals surface area contributed by atoms with Gasteiger partial charge in [-0.1, -0.05) is 12.8 Å². The van der Waals surface area contributed by atoms with Gasteiger partial charge in [0.1, 0.15) is 5.54 Å². The van der Waals surface area contributed by atoms with Gasteiger partial charge in [0.15, 0.2) is 0 Å². The third-order valence-corrected chi connectivity index (χ3v) is 5.79. The van der Waals surface area contributed by atoms with Crippen molar-refractivity contribution in [1.82, 2.24) is 5.32 Å². The summed E-state index contributed by atoms with van der Waals surface area (Å²) in [5, 5.41) is 3.26. The molecule has 0 bridgehead atoms. The summed E-state index contributed by atoms with van der Waals surface area (Å²) in [4.78, 5) is 12.1. The van der Waals surface area contributed by atoms with E-state index in [4.69, 9.17) is 4.74 Å². The molecule has 0 spiro atoms. The first-order chi connectivity index (χ1) is 8.73. The lowest BCUT2D eigenvalue weighted by Crippen LogP contribution is -2.55. The minimum atomic E-state index is -0.433. The van der Waals surface area contributed by atoms with Crippen molar-refractivity contribution in [1.29, 1.82) is 0 Å². The van der Waals surface area contributed by atoms with E-state index in [1.165, 1.54) is 38.5 Å². The molecule has 0 heterocycles. The lowest BCUT2D eigenvalue weighted by molar-refractivity contribution is -0.148. The molecule has 4 heteroatoms. The van der Waals surface area contributed by atoms with Gasteiger partial charge in [-0.05, 0) is 50.3 Å². The number of esters is 1. The summed E-state index contributed by atoms with van der Waals surface area (Å²) in [5.74, 6) is 3.34. The number of nitrogens with one attached hydrogen (secondary N) is 1. The van der Waals surface area contributed by atoms with Crippen LogP contribution in [0.25, 0.3) is 0 Å². The van der Waals surface area contributed by atoms with Crippen LogP contribution < -0.4 is 5.32 Å². The number of thioether (sulfide) groups is 1. The molecule has 0 amide bonds. The van der Waals surface area contributed by atoms with Gasteiger partial charge in [0.25, 0.3) is 0 Å². The van der Waals surface area contributed by atoms with Crippen LogP contribution in [0.15, 0.2) is 0 Å². The van der Waals surface area contributed by atoms with Crippen LogP contribution >= 0.6 is 11.8 Å². The van der Waals surface area contributed by atoms with Gasteiger partial charge in [-0.25, -0.2) is 0 Å². The van der Waals surface area contributed by atoms with E-state index in [1.54, 1.807) is 0 Å². The Kier molecular flexibility index (Phi) is 4.96. The molecule has 18 heavy (non-hydrogen) atoms. The molecule has 1 atom stereocenters. The quantitative estimate of drug-likeness (QED) is 0.722. The fourth-order valence-electron chi connectivity index (χ4n) is 3.04. The Morgan fingerprint density at radius 2 is 2.00 bits per heavy atom. The Balaban J connectivity index is 1.86. The van der Waals surface area contributed by atoms with E-state index in [9.17, 15) is 4.79 Å². The van der Waals surface area contributed by atoms with Crippen molar-refractivity contribution in [2.45, 2.75) is 44.1 Å². The van der Waals surface area contributed by atoms with Crippen molar-refractivity contribution >= 4 is 17.7 Å². The molecule has 0 aliphatic heterocycles. The zero-order chi connectivity index (χ0) is 13.0. The number of rotatable bonds is 7. The van der Waals surface area contributed by atoms with Crippen LogP contribution in [-0.2, 0) is 9.53 Å². The van der Waals surface area contributed by atoms with E-state index < -0.39 is 5.54 Å². The molecule has 104 valence electrons. The second-order valence-electron chi connectivity index (χ2n) is 5.65. The van der Waals surface area contributed by atoms with Crippen LogP contribution in [0.1, 0.15) is 38.5 Å². The molecule has 1 N–H and O–H groups in total. The van der Waals surface area contributed by atoms with Gasteiger partial charge in [-0.3, -0.25) is 4.79 Å². The number of carbonyl (C=O) groups is 1. The maximum Gasteiger partial charge on any atom is 0.327 e. The van der Waals surface area contributed by atoms with Crippen LogP contribution in [0.3, 0.4) is 0 Å². The molecule has 2 saturated carbocycles. The van der Waals surface area contributed by atoms with Gasteiger partial charge in [-0.2, -0.15) is 11.8 Å². The summed E-state index contributed by atoms with van der Waals surface area (Å²) >= 11 is 1.93. The number of likely N-dealkylation sites (N-methyl/N-ethyl adjacent to an activating group) is 1.